The summed E-state index contributed by atoms with van der Waals surface area (Å²) >= 11 is 0. The number of hydrogen-bond donors (Lipinski definition) is 0. The standard InChI is InChI=1S/C14H14N4O2/c1-10-8-11(9-15)2-3-12(10)13-16-14(17-20-13)18-4-6-19-7-5-18/h2-3,8H,4-7H2,1H3. The second-order valence-electron chi connectivity index (χ2n) is 4.64. The fourth-order valence-electron chi connectivity index (χ4n) is 2.19. The number of anilines is 1. The Hall–Kier alpha value is -2.39. The summed E-state index contributed by atoms with van der Waals surface area (Å²) in [5, 5.41) is 12.9. The van der Waals surface area contributed by atoms with Crippen LogP contribution in [0, 0.1) is 18.3 Å². The maximum absolute atomic E-state index is 8.88. The summed E-state index contributed by atoms with van der Waals surface area (Å²) in [6.07, 6.45) is 0. The predicted molar refractivity (Wildman–Crippen MR) is 72.2 cm³/mol. The van der Waals surface area contributed by atoms with E-state index in [0.717, 1.165) is 24.2 Å². The van der Waals surface area contributed by atoms with Crippen LogP contribution in [-0.4, -0.2) is 36.4 Å². The molecule has 1 fully saturated rings. The lowest BCUT2D eigenvalue weighted by atomic mass is 10.1. The highest BCUT2D eigenvalue weighted by Crippen LogP contribution is 2.24. The SMILES string of the molecule is Cc1cc(C#N)ccc1-c1nc(N2CCOCC2)no1. The fourth-order valence-corrected chi connectivity index (χ4v) is 2.19. The normalized spacial score (nSPS) is 15.1. The Morgan fingerprint density at radius 2 is 2.10 bits per heavy atom. The van der Waals surface area contributed by atoms with Crippen LogP contribution in [0.15, 0.2) is 22.7 Å². The van der Waals surface area contributed by atoms with E-state index in [2.05, 4.69) is 16.2 Å². The summed E-state index contributed by atoms with van der Waals surface area (Å²) in [7, 11) is 0. The lowest BCUT2D eigenvalue weighted by Crippen LogP contribution is -2.36. The van der Waals surface area contributed by atoms with E-state index in [4.69, 9.17) is 14.5 Å². The minimum absolute atomic E-state index is 0.480. The van der Waals surface area contributed by atoms with Gasteiger partial charge < -0.3 is 14.2 Å². The van der Waals surface area contributed by atoms with Gasteiger partial charge in [0.15, 0.2) is 0 Å². The van der Waals surface area contributed by atoms with E-state index in [9.17, 15) is 0 Å². The van der Waals surface area contributed by atoms with Crippen molar-refractivity contribution >= 4 is 5.95 Å². The van der Waals surface area contributed by atoms with Crippen LogP contribution in [0.25, 0.3) is 11.5 Å². The molecule has 0 aliphatic carbocycles. The molecule has 102 valence electrons. The maximum Gasteiger partial charge on any atom is 0.266 e. The summed E-state index contributed by atoms with van der Waals surface area (Å²) < 4.78 is 10.6. The summed E-state index contributed by atoms with van der Waals surface area (Å²) in [6, 6.07) is 7.52. The molecule has 2 aromatic rings. The van der Waals surface area contributed by atoms with Gasteiger partial charge in [0.2, 0.25) is 0 Å². The molecule has 1 aromatic carbocycles. The first kappa shape index (κ1) is 12.6. The minimum atomic E-state index is 0.480. The predicted octanol–water partition coefficient (Wildman–Crippen LogP) is 1.75. The molecule has 1 aromatic heterocycles. The first-order chi connectivity index (χ1) is 9.78. The van der Waals surface area contributed by atoms with Crippen molar-refractivity contribution in [3.05, 3.63) is 29.3 Å². The highest BCUT2D eigenvalue weighted by Gasteiger charge is 2.18. The smallest absolute Gasteiger partial charge is 0.266 e. The van der Waals surface area contributed by atoms with Gasteiger partial charge in [-0.3, -0.25) is 0 Å². The molecule has 0 atom stereocenters. The van der Waals surface area contributed by atoms with Gasteiger partial charge in [0.25, 0.3) is 11.8 Å². The van der Waals surface area contributed by atoms with Crippen LogP contribution in [0.4, 0.5) is 5.95 Å². The molecule has 2 heterocycles. The number of aromatic nitrogens is 2. The monoisotopic (exact) mass is 270 g/mol. The molecule has 1 saturated heterocycles. The number of aryl methyl sites for hydroxylation is 1. The second kappa shape index (κ2) is 5.31. The van der Waals surface area contributed by atoms with E-state index >= 15 is 0 Å². The van der Waals surface area contributed by atoms with Crippen molar-refractivity contribution < 1.29 is 9.26 Å². The zero-order valence-corrected chi connectivity index (χ0v) is 11.2. The third-order valence-corrected chi connectivity index (χ3v) is 3.30. The number of hydrogen-bond acceptors (Lipinski definition) is 6. The van der Waals surface area contributed by atoms with E-state index in [0.29, 0.717) is 30.6 Å². The van der Waals surface area contributed by atoms with E-state index < -0.39 is 0 Å². The average Bonchev–Trinajstić information content (AvgIpc) is 2.97. The van der Waals surface area contributed by atoms with Gasteiger partial charge in [-0.2, -0.15) is 10.2 Å². The van der Waals surface area contributed by atoms with Crippen molar-refractivity contribution in [3.63, 3.8) is 0 Å². The van der Waals surface area contributed by atoms with Gasteiger partial charge in [-0.15, -0.1) is 0 Å². The van der Waals surface area contributed by atoms with Gasteiger partial charge in [0.1, 0.15) is 0 Å². The van der Waals surface area contributed by atoms with Gasteiger partial charge in [-0.25, -0.2) is 0 Å². The van der Waals surface area contributed by atoms with E-state index in [1.54, 1.807) is 6.07 Å². The molecule has 3 rings (SSSR count). The van der Waals surface area contributed by atoms with Crippen LogP contribution in [0.3, 0.4) is 0 Å². The first-order valence-corrected chi connectivity index (χ1v) is 6.45. The van der Waals surface area contributed by atoms with E-state index in [-0.39, 0.29) is 0 Å². The number of benzene rings is 1. The zero-order chi connectivity index (χ0) is 13.9. The van der Waals surface area contributed by atoms with Crippen LogP contribution in [-0.2, 0) is 4.74 Å². The lowest BCUT2D eigenvalue weighted by Gasteiger charge is -2.24. The summed E-state index contributed by atoms with van der Waals surface area (Å²) in [5.74, 6) is 1.07. The Balaban J connectivity index is 1.88. The molecule has 1 aliphatic rings. The number of morpholine rings is 1. The van der Waals surface area contributed by atoms with Crippen LogP contribution >= 0.6 is 0 Å². The fraction of sp³-hybridized carbons (Fsp3) is 0.357. The largest absolute Gasteiger partial charge is 0.378 e. The molecule has 0 spiro atoms. The highest BCUT2D eigenvalue weighted by molar-refractivity contribution is 5.61. The highest BCUT2D eigenvalue weighted by atomic mass is 16.5. The Bertz CT molecular complexity index is 653. The van der Waals surface area contributed by atoms with Gasteiger partial charge in [-0.05, 0) is 35.8 Å². The summed E-state index contributed by atoms with van der Waals surface area (Å²) in [5.41, 5.74) is 2.43. The van der Waals surface area contributed by atoms with Crippen LogP contribution < -0.4 is 4.90 Å². The average molecular weight is 270 g/mol. The summed E-state index contributed by atoms with van der Waals surface area (Å²) in [6.45, 7) is 4.82. The third kappa shape index (κ3) is 2.36. The second-order valence-corrected chi connectivity index (χ2v) is 4.64. The van der Waals surface area contributed by atoms with E-state index in [1.165, 1.54) is 0 Å². The quantitative estimate of drug-likeness (QED) is 0.827. The number of ether oxygens (including phenoxy) is 1. The lowest BCUT2D eigenvalue weighted by molar-refractivity contribution is 0.121. The summed E-state index contributed by atoms with van der Waals surface area (Å²) in [4.78, 5) is 6.47. The van der Waals surface area contributed by atoms with Crippen LogP contribution in [0.5, 0.6) is 0 Å². The Morgan fingerprint density at radius 1 is 1.30 bits per heavy atom. The Morgan fingerprint density at radius 3 is 2.80 bits per heavy atom. The molecular formula is C14H14N4O2. The van der Waals surface area contributed by atoms with Crippen LogP contribution in [0.1, 0.15) is 11.1 Å². The van der Waals surface area contributed by atoms with E-state index in [1.807, 2.05) is 24.0 Å². The van der Waals surface area contributed by atoms with Crippen molar-refractivity contribution in [1.82, 2.24) is 10.1 Å². The molecule has 0 saturated carbocycles. The van der Waals surface area contributed by atoms with Crippen molar-refractivity contribution in [2.75, 3.05) is 31.2 Å². The molecule has 0 N–H and O–H groups in total. The number of nitriles is 1. The Labute approximate surface area is 116 Å². The molecule has 0 bridgehead atoms. The Kier molecular flexibility index (Phi) is 3.35. The molecule has 6 heteroatoms. The maximum atomic E-state index is 8.88. The molecule has 20 heavy (non-hydrogen) atoms. The first-order valence-electron chi connectivity index (χ1n) is 6.45. The van der Waals surface area contributed by atoms with Crippen molar-refractivity contribution in [3.8, 4) is 17.5 Å². The zero-order valence-electron chi connectivity index (χ0n) is 11.2. The van der Waals surface area contributed by atoms with Gasteiger partial charge >= 0.3 is 0 Å². The van der Waals surface area contributed by atoms with Crippen molar-refractivity contribution in [2.24, 2.45) is 0 Å². The molecular weight excluding hydrogens is 256 g/mol. The number of rotatable bonds is 2. The minimum Gasteiger partial charge on any atom is -0.378 e. The third-order valence-electron chi connectivity index (χ3n) is 3.30. The molecule has 6 nitrogen and oxygen atoms in total. The van der Waals surface area contributed by atoms with Crippen LogP contribution in [0.2, 0.25) is 0 Å². The number of nitrogens with zero attached hydrogens (tertiary/aromatic N) is 4. The van der Waals surface area contributed by atoms with Gasteiger partial charge in [-0.1, -0.05) is 0 Å². The van der Waals surface area contributed by atoms with Crippen molar-refractivity contribution in [1.29, 1.82) is 5.26 Å². The van der Waals surface area contributed by atoms with Crippen molar-refractivity contribution in [2.45, 2.75) is 6.92 Å². The topological polar surface area (TPSA) is 75.2 Å². The molecule has 0 radical (unpaired) electrons. The van der Waals surface area contributed by atoms with Gasteiger partial charge in [0, 0.05) is 18.7 Å². The molecule has 0 amide bonds. The molecule has 1 aliphatic heterocycles. The molecule has 0 unspecified atom stereocenters. The van der Waals surface area contributed by atoms with Gasteiger partial charge in [0.05, 0.1) is 24.8 Å².